The molecule has 0 aromatic heterocycles. The summed E-state index contributed by atoms with van der Waals surface area (Å²) in [5, 5.41) is 2.97. The van der Waals surface area contributed by atoms with Gasteiger partial charge in [0.05, 0.1) is 0 Å². The molecule has 0 bridgehead atoms. The number of hydrogen-bond acceptors (Lipinski definition) is 3. The van der Waals surface area contributed by atoms with Crippen molar-refractivity contribution in [2.45, 2.75) is 38.8 Å². The van der Waals surface area contributed by atoms with Crippen LogP contribution >= 0.6 is 0 Å². The Kier molecular flexibility index (Phi) is 4.10. The predicted molar refractivity (Wildman–Crippen MR) is 78.2 cm³/mol. The minimum atomic E-state index is -0.0530. The Bertz CT molecular complexity index is 468. The number of rotatable bonds is 5. The van der Waals surface area contributed by atoms with E-state index in [2.05, 4.69) is 24.2 Å². The molecule has 1 saturated carbocycles. The topological polar surface area (TPSA) is 58.4 Å². The molecule has 2 rings (SSSR count). The maximum Gasteiger partial charge on any atom is 0.251 e. The zero-order valence-electron chi connectivity index (χ0n) is 11.9. The highest BCUT2D eigenvalue weighted by atomic mass is 16.1. The van der Waals surface area contributed by atoms with Crippen molar-refractivity contribution < 1.29 is 4.79 Å². The number of nitrogen functional groups attached to an aromatic ring is 1. The van der Waals surface area contributed by atoms with E-state index in [9.17, 15) is 4.79 Å². The van der Waals surface area contributed by atoms with Crippen LogP contribution in [0.4, 0.5) is 5.69 Å². The summed E-state index contributed by atoms with van der Waals surface area (Å²) < 4.78 is 0. The molecule has 0 aliphatic heterocycles. The van der Waals surface area contributed by atoms with Crippen molar-refractivity contribution in [1.29, 1.82) is 0 Å². The predicted octanol–water partition coefficient (Wildman–Crippen LogP) is 1.79. The molecule has 1 aromatic carbocycles. The Morgan fingerprint density at radius 2 is 2.21 bits per heavy atom. The van der Waals surface area contributed by atoms with Crippen LogP contribution in [0, 0.1) is 6.92 Å². The SMILES string of the molecule is Cc1ccc(C(=O)NCC(C)N(C)C2CC2)cc1N. The van der Waals surface area contributed by atoms with E-state index in [0.717, 1.165) is 5.56 Å². The van der Waals surface area contributed by atoms with Gasteiger partial charge in [0.1, 0.15) is 0 Å². The van der Waals surface area contributed by atoms with Crippen LogP contribution in [0.25, 0.3) is 0 Å². The fraction of sp³-hybridized carbons (Fsp3) is 0.533. The number of likely N-dealkylation sites (N-methyl/N-ethyl adjacent to an activating group) is 1. The maximum absolute atomic E-state index is 12.0. The molecule has 4 nitrogen and oxygen atoms in total. The molecule has 0 heterocycles. The van der Waals surface area contributed by atoms with Crippen LogP contribution in [0.1, 0.15) is 35.7 Å². The van der Waals surface area contributed by atoms with Crippen molar-refractivity contribution in [3.63, 3.8) is 0 Å². The van der Waals surface area contributed by atoms with E-state index >= 15 is 0 Å². The highest BCUT2D eigenvalue weighted by molar-refractivity contribution is 5.95. The van der Waals surface area contributed by atoms with Crippen molar-refractivity contribution in [1.82, 2.24) is 10.2 Å². The van der Waals surface area contributed by atoms with Crippen LogP contribution < -0.4 is 11.1 Å². The molecule has 1 amide bonds. The first-order valence-electron chi connectivity index (χ1n) is 6.85. The van der Waals surface area contributed by atoms with E-state index in [1.165, 1.54) is 12.8 Å². The fourth-order valence-electron chi connectivity index (χ4n) is 2.11. The van der Waals surface area contributed by atoms with E-state index < -0.39 is 0 Å². The van der Waals surface area contributed by atoms with Gasteiger partial charge in [0.25, 0.3) is 5.91 Å². The Balaban J connectivity index is 1.88. The Morgan fingerprint density at radius 1 is 1.53 bits per heavy atom. The van der Waals surface area contributed by atoms with Gasteiger partial charge in [-0.3, -0.25) is 9.69 Å². The highest BCUT2D eigenvalue weighted by Crippen LogP contribution is 2.26. The maximum atomic E-state index is 12.0. The average Bonchev–Trinajstić information content (AvgIpc) is 3.22. The molecule has 3 N–H and O–H groups in total. The second-order valence-electron chi connectivity index (χ2n) is 5.53. The zero-order valence-corrected chi connectivity index (χ0v) is 11.9. The number of anilines is 1. The van der Waals surface area contributed by atoms with Gasteiger partial charge in [-0.1, -0.05) is 6.07 Å². The van der Waals surface area contributed by atoms with Gasteiger partial charge in [0, 0.05) is 29.9 Å². The lowest BCUT2D eigenvalue weighted by molar-refractivity contribution is 0.0939. The average molecular weight is 261 g/mol. The van der Waals surface area contributed by atoms with Crippen LogP contribution in [0.15, 0.2) is 18.2 Å². The summed E-state index contributed by atoms with van der Waals surface area (Å²) in [7, 11) is 2.12. The summed E-state index contributed by atoms with van der Waals surface area (Å²) in [5.41, 5.74) is 8.11. The number of nitrogens with zero attached hydrogens (tertiary/aromatic N) is 1. The lowest BCUT2D eigenvalue weighted by Crippen LogP contribution is -2.41. The minimum absolute atomic E-state index is 0.0530. The number of carbonyl (C=O) groups is 1. The van der Waals surface area contributed by atoms with Gasteiger partial charge >= 0.3 is 0 Å². The summed E-state index contributed by atoms with van der Waals surface area (Å²) in [6.07, 6.45) is 2.56. The smallest absolute Gasteiger partial charge is 0.251 e. The van der Waals surface area contributed by atoms with Crippen molar-refractivity contribution in [2.24, 2.45) is 0 Å². The molecule has 1 aromatic rings. The van der Waals surface area contributed by atoms with Crippen LogP contribution in [0.2, 0.25) is 0 Å². The summed E-state index contributed by atoms with van der Waals surface area (Å²) in [6.45, 7) is 4.74. The quantitative estimate of drug-likeness (QED) is 0.794. The fourth-order valence-corrected chi connectivity index (χ4v) is 2.11. The zero-order chi connectivity index (χ0) is 14.0. The number of amides is 1. The van der Waals surface area contributed by atoms with Crippen LogP contribution in [0.3, 0.4) is 0 Å². The molecule has 0 spiro atoms. The molecule has 0 radical (unpaired) electrons. The molecular formula is C15H23N3O. The standard InChI is InChI=1S/C15H23N3O/c1-10-4-5-12(8-14(10)16)15(19)17-9-11(2)18(3)13-6-7-13/h4-5,8,11,13H,6-7,9,16H2,1-3H3,(H,17,19). The van der Waals surface area contributed by atoms with Gasteiger partial charge in [0.2, 0.25) is 0 Å². The number of aryl methyl sites for hydroxylation is 1. The molecule has 104 valence electrons. The van der Waals surface area contributed by atoms with Gasteiger partial charge in [-0.15, -0.1) is 0 Å². The minimum Gasteiger partial charge on any atom is -0.398 e. The van der Waals surface area contributed by atoms with Crippen molar-refractivity contribution in [2.75, 3.05) is 19.3 Å². The third-order valence-electron chi connectivity index (χ3n) is 3.92. The van der Waals surface area contributed by atoms with E-state index in [-0.39, 0.29) is 5.91 Å². The molecule has 1 fully saturated rings. The first-order valence-corrected chi connectivity index (χ1v) is 6.85. The van der Waals surface area contributed by atoms with E-state index in [4.69, 9.17) is 5.73 Å². The van der Waals surface area contributed by atoms with Gasteiger partial charge in [-0.25, -0.2) is 0 Å². The van der Waals surface area contributed by atoms with Gasteiger partial charge in [-0.05, 0) is 51.4 Å². The molecule has 1 aliphatic rings. The number of carbonyl (C=O) groups excluding carboxylic acids is 1. The van der Waals surface area contributed by atoms with Crippen LogP contribution in [-0.2, 0) is 0 Å². The van der Waals surface area contributed by atoms with Crippen molar-refractivity contribution in [3.05, 3.63) is 29.3 Å². The van der Waals surface area contributed by atoms with E-state index in [0.29, 0.717) is 29.9 Å². The summed E-state index contributed by atoms with van der Waals surface area (Å²) in [6, 6.07) is 6.50. The Hall–Kier alpha value is -1.55. The van der Waals surface area contributed by atoms with Gasteiger partial charge in [0.15, 0.2) is 0 Å². The normalized spacial score (nSPS) is 16.4. The summed E-state index contributed by atoms with van der Waals surface area (Å²) in [5.74, 6) is -0.0530. The largest absolute Gasteiger partial charge is 0.398 e. The monoisotopic (exact) mass is 261 g/mol. The molecule has 4 heteroatoms. The van der Waals surface area contributed by atoms with E-state index in [1.54, 1.807) is 6.07 Å². The Morgan fingerprint density at radius 3 is 2.79 bits per heavy atom. The molecule has 1 unspecified atom stereocenters. The second-order valence-corrected chi connectivity index (χ2v) is 5.53. The van der Waals surface area contributed by atoms with Crippen LogP contribution in [-0.4, -0.2) is 36.5 Å². The molecule has 0 saturated heterocycles. The lowest BCUT2D eigenvalue weighted by atomic mass is 10.1. The summed E-state index contributed by atoms with van der Waals surface area (Å²) in [4.78, 5) is 14.4. The molecular weight excluding hydrogens is 238 g/mol. The Labute approximate surface area is 115 Å². The van der Waals surface area contributed by atoms with Gasteiger partial charge in [-0.2, -0.15) is 0 Å². The molecule has 1 aliphatic carbocycles. The third kappa shape index (κ3) is 3.47. The van der Waals surface area contributed by atoms with E-state index in [1.807, 2.05) is 19.1 Å². The molecule has 19 heavy (non-hydrogen) atoms. The van der Waals surface area contributed by atoms with Gasteiger partial charge < -0.3 is 11.1 Å². The van der Waals surface area contributed by atoms with Crippen molar-refractivity contribution in [3.8, 4) is 0 Å². The number of hydrogen-bond donors (Lipinski definition) is 2. The van der Waals surface area contributed by atoms with Crippen LogP contribution in [0.5, 0.6) is 0 Å². The second kappa shape index (κ2) is 5.61. The highest BCUT2D eigenvalue weighted by Gasteiger charge is 2.29. The third-order valence-corrected chi connectivity index (χ3v) is 3.92. The number of nitrogens with two attached hydrogens (primary N) is 1. The molecule has 1 atom stereocenters. The van der Waals surface area contributed by atoms with Crippen molar-refractivity contribution >= 4 is 11.6 Å². The summed E-state index contributed by atoms with van der Waals surface area (Å²) >= 11 is 0. The number of nitrogens with one attached hydrogen (secondary N) is 1. The first-order chi connectivity index (χ1) is 8.99. The lowest BCUT2D eigenvalue weighted by Gasteiger charge is -2.24. The number of benzene rings is 1. The first kappa shape index (κ1) is 13.9.